The largest absolute Gasteiger partial charge is 0.481 e. The topological polar surface area (TPSA) is 70.8 Å². The standard InChI is InChI=1S/C13H19NO4/c1-5-14(7-8(2)13(16)17)12(15)11-6-9(3)18-10(11)4/h6,8H,5,7H2,1-4H3,(H,16,17). The highest BCUT2D eigenvalue weighted by Gasteiger charge is 2.23. The summed E-state index contributed by atoms with van der Waals surface area (Å²) in [6.07, 6.45) is 0. The highest BCUT2D eigenvalue weighted by atomic mass is 16.4. The summed E-state index contributed by atoms with van der Waals surface area (Å²) in [6.45, 7) is 7.60. The van der Waals surface area contributed by atoms with Gasteiger partial charge in [-0.05, 0) is 26.8 Å². The molecule has 0 fully saturated rings. The van der Waals surface area contributed by atoms with Crippen LogP contribution in [-0.2, 0) is 4.79 Å². The molecule has 0 bridgehead atoms. The summed E-state index contributed by atoms with van der Waals surface area (Å²) in [7, 11) is 0. The van der Waals surface area contributed by atoms with Gasteiger partial charge in [0.1, 0.15) is 11.5 Å². The van der Waals surface area contributed by atoms with Gasteiger partial charge < -0.3 is 14.4 Å². The Balaban J connectivity index is 2.86. The van der Waals surface area contributed by atoms with E-state index in [9.17, 15) is 9.59 Å². The molecule has 1 unspecified atom stereocenters. The Morgan fingerprint density at radius 2 is 2.06 bits per heavy atom. The number of nitrogens with zero attached hydrogens (tertiary/aromatic N) is 1. The molecule has 1 N–H and O–H groups in total. The van der Waals surface area contributed by atoms with Crippen molar-refractivity contribution in [3.63, 3.8) is 0 Å². The van der Waals surface area contributed by atoms with E-state index in [2.05, 4.69) is 0 Å². The van der Waals surface area contributed by atoms with Crippen molar-refractivity contribution in [2.45, 2.75) is 27.7 Å². The second-order valence-corrected chi connectivity index (χ2v) is 4.41. The van der Waals surface area contributed by atoms with Crippen LogP contribution in [0.4, 0.5) is 0 Å². The number of carbonyl (C=O) groups excluding carboxylic acids is 1. The van der Waals surface area contributed by atoms with Gasteiger partial charge in [0, 0.05) is 13.1 Å². The van der Waals surface area contributed by atoms with Crippen molar-refractivity contribution in [2.75, 3.05) is 13.1 Å². The highest BCUT2D eigenvalue weighted by Crippen LogP contribution is 2.16. The molecule has 5 nitrogen and oxygen atoms in total. The molecule has 0 aliphatic heterocycles. The van der Waals surface area contributed by atoms with Crippen LogP contribution in [0.3, 0.4) is 0 Å². The van der Waals surface area contributed by atoms with E-state index in [1.165, 1.54) is 4.90 Å². The average molecular weight is 253 g/mol. The van der Waals surface area contributed by atoms with Gasteiger partial charge in [-0.15, -0.1) is 0 Å². The second-order valence-electron chi connectivity index (χ2n) is 4.41. The summed E-state index contributed by atoms with van der Waals surface area (Å²) >= 11 is 0. The first-order valence-corrected chi connectivity index (χ1v) is 5.95. The van der Waals surface area contributed by atoms with Crippen molar-refractivity contribution < 1.29 is 19.1 Å². The number of aryl methyl sites for hydroxylation is 2. The number of carbonyl (C=O) groups is 2. The maximum absolute atomic E-state index is 12.2. The third-order valence-corrected chi connectivity index (χ3v) is 2.86. The van der Waals surface area contributed by atoms with Gasteiger partial charge >= 0.3 is 5.97 Å². The number of furan rings is 1. The van der Waals surface area contributed by atoms with Gasteiger partial charge in [0.2, 0.25) is 0 Å². The van der Waals surface area contributed by atoms with Crippen LogP contribution in [0.2, 0.25) is 0 Å². The molecule has 100 valence electrons. The lowest BCUT2D eigenvalue weighted by Gasteiger charge is -2.22. The molecule has 0 saturated carbocycles. The first kappa shape index (κ1) is 14.3. The molecule has 1 heterocycles. The average Bonchev–Trinajstić information content (AvgIpc) is 2.63. The van der Waals surface area contributed by atoms with E-state index in [-0.39, 0.29) is 12.5 Å². The molecule has 0 radical (unpaired) electrons. The zero-order valence-corrected chi connectivity index (χ0v) is 11.2. The van der Waals surface area contributed by atoms with Crippen LogP contribution in [0, 0.1) is 19.8 Å². The third kappa shape index (κ3) is 3.12. The minimum atomic E-state index is -0.902. The van der Waals surface area contributed by atoms with Gasteiger partial charge in [0.25, 0.3) is 5.91 Å². The van der Waals surface area contributed by atoms with Crippen molar-refractivity contribution in [2.24, 2.45) is 5.92 Å². The van der Waals surface area contributed by atoms with Crippen molar-refractivity contribution in [3.05, 3.63) is 23.2 Å². The number of carboxylic acid groups (broad SMARTS) is 1. The van der Waals surface area contributed by atoms with E-state index in [0.29, 0.717) is 23.6 Å². The van der Waals surface area contributed by atoms with E-state index in [1.807, 2.05) is 6.92 Å². The molecule has 0 spiro atoms. The van der Waals surface area contributed by atoms with Gasteiger partial charge in [-0.25, -0.2) is 0 Å². The molecule has 1 atom stereocenters. The Hall–Kier alpha value is -1.78. The van der Waals surface area contributed by atoms with E-state index >= 15 is 0 Å². The van der Waals surface area contributed by atoms with E-state index in [1.54, 1.807) is 26.8 Å². The van der Waals surface area contributed by atoms with Gasteiger partial charge in [-0.3, -0.25) is 9.59 Å². The fourth-order valence-electron chi connectivity index (χ4n) is 1.78. The number of carboxylic acids is 1. The second kappa shape index (κ2) is 5.71. The molecule has 0 saturated heterocycles. The molecule has 0 aliphatic rings. The monoisotopic (exact) mass is 253 g/mol. The maximum atomic E-state index is 12.2. The zero-order valence-electron chi connectivity index (χ0n) is 11.2. The van der Waals surface area contributed by atoms with Crippen LogP contribution in [-0.4, -0.2) is 35.0 Å². The normalized spacial score (nSPS) is 12.2. The summed E-state index contributed by atoms with van der Waals surface area (Å²) < 4.78 is 5.32. The summed E-state index contributed by atoms with van der Waals surface area (Å²) in [6, 6.07) is 1.69. The predicted octanol–water partition coefficient (Wildman–Crippen LogP) is 2.08. The van der Waals surface area contributed by atoms with Crippen LogP contribution in [0.15, 0.2) is 10.5 Å². The lowest BCUT2D eigenvalue weighted by atomic mass is 10.1. The summed E-state index contributed by atoms with van der Waals surface area (Å²) in [5, 5.41) is 8.88. The van der Waals surface area contributed by atoms with Crippen LogP contribution in [0.25, 0.3) is 0 Å². The minimum absolute atomic E-state index is 0.181. The smallest absolute Gasteiger partial charge is 0.308 e. The Labute approximate surface area is 106 Å². The molecule has 0 aliphatic carbocycles. The quantitative estimate of drug-likeness (QED) is 0.872. The van der Waals surface area contributed by atoms with Crippen molar-refractivity contribution in [1.29, 1.82) is 0 Å². The van der Waals surface area contributed by atoms with Gasteiger partial charge in [-0.1, -0.05) is 6.92 Å². The predicted molar refractivity (Wildman–Crippen MR) is 66.6 cm³/mol. The van der Waals surface area contributed by atoms with Crippen molar-refractivity contribution in [3.8, 4) is 0 Å². The number of rotatable bonds is 5. The fraction of sp³-hybridized carbons (Fsp3) is 0.538. The molecule has 1 aromatic heterocycles. The van der Waals surface area contributed by atoms with E-state index in [4.69, 9.17) is 9.52 Å². The van der Waals surface area contributed by atoms with Crippen LogP contribution >= 0.6 is 0 Å². The fourth-order valence-corrected chi connectivity index (χ4v) is 1.78. The Kier molecular flexibility index (Phi) is 4.53. The van der Waals surface area contributed by atoms with E-state index < -0.39 is 11.9 Å². The number of amides is 1. The number of aliphatic carboxylic acids is 1. The third-order valence-electron chi connectivity index (χ3n) is 2.86. The molecule has 5 heteroatoms. The molecular weight excluding hydrogens is 234 g/mol. The zero-order chi connectivity index (χ0) is 13.9. The SMILES string of the molecule is CCN(CC(C)C(=O)O)C(=O)c1cc(C)oc1C. The lowest BCUT2D eigenvalue weighted by Crippen LogP contribution is -2.36. The van der Waals surface area contributed by atoms with E-state index in [0.717, 1.165) is 0 Å². The molecule has 0 aromatic carbocycles. The number of hydrogen-bond donors (Lipinski definition) is 1. The molecule has 1 amide bonds. The maximum Gasteiger partial charge on any atom is 0.308 e. The molecule has 18 heavy (non-hydrogen) atoms. The first-order chi connectivity index (χ1) is 8.36. The van der Waals surface area contributed by atoms with Gasteiger partial charge in [-0.2, -0.15) is 0 Å². The van der Waals surface area contributed by atoms with Crippen LogP contribution < -0.4 is 0 Å². The first-order valence-electron chi connectivity index (χ1n) is 5.95. The Bertz CT molecular complexity index is 450. The van der Waals surface area contributed by atoms with Gasteiger partial charge in [0.15, 0.2) is 0 Å². The Morgan fingerprint density at radius 1 is 1.44 bits per heavy atom. The van der Waals surface area contributed by atoms with Crippen LogP contribution in [0.1, 0.15) is 35.7 Å². The molecular formula is C13H19NO4. The van der Waals surface area contributed by atoms with Crippen LogP contribution in [0.5, 0.6) is 0 Å². The summed E-state index contributed by atoms with van der Waals surface area (Å²) in [4.78, 5) is 24.6. The summed E-state index contributed by atoms with van der Waals surface area (Å²) in [5.41, 5.74) is 0.506. The van der Waals surface area contributed by atoms with Crippen molar-refractivity contribution >= 4 is 11.9 Å². The van der Waals surface area contributed by atoms with Crippen molar-refractivity contribution in [1.82, 2.24) is 4.90 Å². The molecule has 1 rings (SSSR count). The summed E-state index contributed by atoms with van der Waals surface area (Å²) in [5.74, 6) is -0.416. The van der Waals surface area contributed by atoms with Gasteiger partial charge in [0.05, 0.1) is 11.5 Å². The number of hydrogen-bond acceptors (Lipinski definition) is 3. The highest BCUT2D eigenvalue weighted by molar-refractivity contribution is 5.95. The minimum Gasteiger partial charge on any atom is -0.481 e. The molecule has 1 aromatic rings. The Morgan fingerprint density at radius 3 is 2.44 bits per heavy atom. The lowest BCUT2D eigenvalue weighted by molar-refractivity contribution is -0.141.